The Balaban J connectivity index is 2.13. The first-order valence-electron chi connectivity index (χ1n) is 6.89. The molecule has 0 atom stereocenters. The van der Waals surface area contributed by atoms with Gasteiger partial charge in [-0.05, 0) is 25.0 Å². The van der Waals surface area contributed by atoms with Crippen LogP contribution in [0.2, 0.25) is 0 Å². The van der Waals surface area contributed by atoms with E-state index in [1.807, 2.05) is 36.2 Å². The van der Waals surface area contributed by atoms with Gasteiger partial charge in [0.15, 0.2) is 0 Å². The summed E-state index contributed by atoms with van der Waals surface area (Å²) in [6, 6.07) is 7.68. The van der Waals surface area contributed by atoms with E-state index in [2.05, 4.69) is 0 Å². The summed E-state index contributed by atoms with van der Waals surface area (Å²) in [5.74, 6) is 0.730. The molecule has 19 heavy (non-hydrogen) atoms. The van der Waals surface area contributed by atoms with Crippen molar-refractivity contribution in [3.63, 3.8) is 0 Å². The van der Waals surface area contributed by atoms with Crippen LogP contribution in [0, 0.1) is 0 Å². The number of ether oxygens (including phenoxy) is 1. The summed E-state index contributed by atoms with van der Waals surface area (Å²) in [5, 5.41) is 0. The third-order valence-corrected chi connectivity index (χ3v) is 3.61. The fraction of sp³-hybridized carbons (Fsp3) is 0.533. The van der Waals surface area contributed by atoms with Crippen molar-refractivity contribution in [3.8, 4) is 5.75 Å². The van der Waals surface area contributed by atoms with Gasteiger partial charge in [0.25, 0.3) is 0 Å². The van der Waals surface area contributed by atoms with Crippen molar-refractivity contribution in [2.75, 3.05) is 32.1 Å². The molecule has 1 aliphatic rings. The highest BCUT2D eigenvalue weighted by atomic mass is 16.5. The molecule has 1 heterocycles. The number of para-hydroxylation sites is 2. The van der Waals surface area contributed by atoms with Crippen molar-refractivity contribution in [1.82, 2.24) is 4.90 Å². The number of benzene rings is 1. The Labute approximate surface area is 115 Å². The van der Waals surface area contributed by atoms with Gasteiger partial charge in [-0.2, -0.15) is 0 Å². The second-order valence-corrected chi connectivity index (χ2v) is 4.91. The molecule has 0 radical (unpaired) electrons. The smallest absolute Gasteiger partial charge is 0.324 e. The highest BCUT2D eigenvalue weighted by molar-refractivity contribution is 5.93. The number of nitrogens with zero attached hydrogens (tertiary/aromatic N) is 2. The second kappa shape index (κ2) is 6.45. The molecule has 2 rings (SSSR count). The number of rotatable bonds is 2. The molecule has 1 aromatic carbocycles. The van der Waals surface area contributed by atoms with Crippen molar-refractivity contribution in [2.24, 2.45) is 0 Å². The zero-order valence-corrected chi connectivity index (χ0v) is 11.8. The van der Waals surface area contributed by atoms with E-state index in [0.29, 0.717) is 0 Å². The lowest BCUT2D eigenvalue weighted by Gasteiger charge is -2.28. The van der Waals surface area contributed by atoms with Crippen LogP contribution in [0.15, 0.2) is 24.3 Å². The first-order chi connectivity index (χ1) is 9.24. The lowest BCUT2D eigenvalue weighted by molar-refractivity contribution is 0.208. The van der Waals surface area contributed by atoms with Gasteiger partial charge in [-0.25, -0.2) is 4.79 Å². The highest BCUT2D eigenvalue weighted by Crippen LogP contribution is 2.27. The van der Waals surface area contributed by atoms with Crippen LogP contribution in [0.4, 0.5) is 10.5 Å². The van der Waals surface area contributed by atoms with Gasteiger partial charge in [-0.3, -0.25) is 4.90 Å². The maximum Gasteiger partial charge on any atom is 0.324 e. The first-order valence-corrected chi connectivity index (χ1v) is 6.89. The van der Waals surface area contributed by atoms with Gasteiger partial charge in [-0.15, -0.1) is 0 Å². The number of hydrogen-bond donors (Lipinski definition) is 0. The number of carbonyl (C=O) groups is 1. The quantitative estimate of drug-likeness (QED) is 0.820. The molecule has 104 valence electrons. The van der Waals surface area contributed by atoms with Crippen LogP contribution in [0.1, 0.15) is 25.7 Å². The molecule has 0 unspecified atom stereocenters. The van der Waals surface area contributed by atoms with Crippen LogP contribution in [-0.4, -0.2) is 38.2 Å². The molecular weight excluding hydrogens is 240 g/mol. The highest BCUT2D eigenvalue weighted by Gasteiger charge is 2.21. The molecule has 4 heteroatoms. The third kappa shape index (κ3) is 3.19. The molecule has 4 nitrogen and oxygen atoms in total. The van der Waals surface area contributed by atoms with E-state index >= 15 is 0 Å². The Morgan fingerprint density at radius 2 is 1.79 bits per heavy atom. The number of carbonyl (C=O) groups excluding carboxylic acids is 1. The SMILES string of the molecule is COc1ccccc1N(C)C(=O)N1CCCCCC1. The summed E-state index contributed by atoms with van der Waals surface area (Å²) < 4.78 is 5.32. The van der Waals surface area contributed by atoms with Crippen molar-refractivity contribution < 1.29 is 9.53 Å². The molecule has 0 saturated carbocycles. The summed E-state index contributed by atoms with van der Waals surface area (Å²) in [4.78, 5) is 16.1. The lowest BCUT2D eigenvalue weighted by atomic mass is 10.2. The monoisotopic (exact) mass is 262 g/mol. The number of likely N-dealkylation sites (tertiary alicyclic amines) is 1. The molecule has 1 aromatic rings. The minimum Gasteiger partial charge on any atom is -0.495 e. The largest absolute Gasteiger partial charge is 0.495 e. The normalized spacial score (nSPS) is 15.8. The maximum absolute atomic E-state index is 12.5. The predicted molar refractivity (Wildman–Crippen MR) is 76.8 cm³/mol. The van der Waals surface area contributed by atoms with Gasteiger partial charge >= 0.3 is 6.03 Å². The minimum absolute atomic E-state index is 0.0615. The molecule has 0 spiro atoms. The Kier molecular flexibility index (Phi) is 4.66. The number of hydrogen-bond acceptors (Lipinski definition) is 2. The van der Waals surface area contributed by atoms with Gasteiger partial charge < -0.3 is 9.64 Å². The van der Waals surface area contributed by atoms with Crippen molar-refractivity contribution in [1.29, 1.82) is 0 Å². The van der Waals surface area contributed by atoms with E-state index in [9.17, 15) is 4.79 Å². The summed E-state index contributed by atoms with van der Waals surface area (Å²) in [7, 11) is 3.44. The molecule has 0 N–H and O–H groups in total. The third-order valence-electron chi connectivity index (χ3n) is 3.61. The van der Waals surface area contributed by atoms with Gasteiger partial charge in [-0.1, -0.05) is 25.0 Å². The summed E-state index contributed by atoms with van der Waals surface area (Å²) in [5.41, 5.74) is 0.819. The summed E-state index contributed by atoms with van der Waals surface area (Å²) in [6.07, 6.45) is 4.65. The molecule has 0 aliphatic carbocycles. The fourth-order valence-corrected chi connectivity index (χ4v) is 2.48. The van der Waals surface area contributed by atoms with E-state index < -0.39 is 0 Å². The number of anilines is 1. The van der Waals surface area contributed by atoms with Crippen LogP contribution in [0.3, 0.4) is 0 Å². The van der Waals surface area contributed by atoms with Crippen molar-refractivity contribution in [2.45, 2.75) is 25.7 Å². The lowest BCUT2D eigenvalue weighted by Crippen LogP contribution is -2.41. The van der Waals surface area contributed by atoms with Crippen molar-refractivity contribution in [3.05, 3.63) is 24.3 Å². The average molecular weight is 262 g/mol. The molecular formula is C15H22N2O2. The van der Waals surface area contributed by atoms with Gasteiger partial charge in [0, 0.05) is 20.1 Å². The molecule has 1 fully saturated rings. The van der Waals surface area contributed by atoms with Crippen LogP contribution >= 0.6 is 0 Å². The van der Waals surface area contributed by atoms with Crippen LogP contribution in [0.5, 0.6) is 5.75 Å². The van der Waals surface area contributed by atoms with E-state index in [0.717, 1.165) is 37.4 Å². The van der Waals surface area contributed by atoms with Crippen LogP contribution in [0.25, 0.3) is 0 Å². The standard InChI is InChI=1S/C15H22N2O2/c1-16(13-9-5-6-10-14(13)19-2)15(18)17-11-7-3-4-8-12-17/h5-6,9-10H,3-4,7-8,11-12H2,1-2H3. The molecule has 0 aromatic heterocycles. The Hall–Kier alpha value is -1.71. The summed E-state index contributed by atoms with van der Waals surface area (Å²) in [6.45, 7) is 1.72. The van der Waals surface area contributed by atoms with E-state index in [1.165, 1.54) is 12.8 Å². The molecule has 0 bridgehead atoms. The van der Waals surface area contributed by atoms with E-state index in [-0.39, 0.29) is 6.03 Å². The Bertz CT molecular complexity index is 426. The van der Waals surface area contributed by atoms with Gasteiger partial charge in [0.05, 0.1) is 12.8 Å². The second-order valence-electron chi connectivity index (χ2n) is 4.91. The summed E-state index contributed by atoms with van der Waals surface area (Å²) >= 11 is 0. The Morgan fingerprint density at radius 1 is 1.16 bits per heavy atom. The van der Waals surface area contributed by atoms with Crippen LogP contribution in [-0.2, 0) is 0 Å². The maximum atomic E-state index is 12.5. The molecule has 1 saturated heterocycles. The molecule has 1 aliphatic heterocycles. The average Bonchev–Trinajstić information content (AvgIpc) is 2.74. The van der Waals surface area contributed by atoms with Gasteiger partial charge in [0.1, 0.15) is 5.75 Å². The van der Waals surface area contributed by atoms with Gasteiger partial charge in [0.2, 0.25) is 0 Å². The predicted octanol–water partition coefficient (Wildman–Crippen LogP) is 3.13. The number of urea groups is 1. The first kappa shape index (κ1) is 13.7. The zero-order chi connectivity index (χ0) is 13.7. The van der Waals surface area contributed by atoms with E-state index in [4.69, 9.17) is 4.74 Å². The zero-order valence-electron chi connectivity index (χ0n) is 11.8. The van der Waals surface area contributed by atoms with Crippen LogP contribution < -0.4 is 9.64 Å². The minimum atomic E-state index is 0.0615. The molecule has 2 amide bonds. The fourth-order valence-electron chi connectivity index (χ4n) is 2.48. The van der Waals surface area contributed by atoms with Crippen molar-refractivity contribution >= 4 is 11.7 Å². The topological polar surface area (TPSA) is 32.8 Å². The number of methoxy groups -OCH3 is 1. The number of amides is 2. The van der Waals surface area contributed by atoms with E-state index in [1.54, 1.807) is 12.0 Å². The Morgan fingerprint density at radius 3 is 2.42 bits per heavy atom.